The Morgan fingerprint density at radius 3 is 1.46 bits per heavy atom. The van der Waals surface area contributed by atoms with Crippen LogP contribution in [0.15, 0.2) is 40.3 Å². The van der Waals surface area contributed by atoms with Gasteiger partial charge in [-0.2, -0.15) is 0 Å². The number of nitrogens with zero attached hydrogens (tertiary/aromatic N) is 2. The molecule has 0 fully saturated rings. The van der Waals surface area contributed by atoms with Gasteiger partial charge in [-0.1, -0.05) is 176 Å². The molecule has 0 amide bonds. The molecule has 0 bridgehead atoms. The fourth-order valence-electron chi connectivity index (χ4n) is 5.95. The molecular weight excluding hydrogens is 448 g/mol. The second-order valence-corrected chi connectivity index (χ2v) is 11.6. The highest BCUT2D eigenvalue weighted by Crippen LogP contribution is 2.37. The Labute approximate surface area is 231 Å². The van der Waals surface area contributed by atoms with E-state index in [4.69, 9.17) is 9.98 Å². The summed E-state index contributed by atoms with van der Waals surface area (Å²) in [6.45, 7) is 4.60. The van der Waals surface area contributed by atoms with Crippen molar-refractivity contribution >= 4 is 12.4 Å². The molecule has 2 atom stereocenters. The van der Waals surface area contributed by atoms with Gasteiger partial charge in [-0.3, -0.25) is 0 Å². The highest BCUT2D eigenvalue weighted by molar-refractivity contribution is 6.18. The van der Waals surface area contributed by atoms with Crippen LogP contribution in [-0.2, 0) is 6.42 Å². The Morgan fingerprint density at radius 2 is 0.973 bits per heavy atom. The average molecular weight is 508 g/mol. The van der Waals surface area contributed by atoms with Crippen LogP contribution < -0.4 is 0 Å². The third-order valence-corrected chi connectivity index (χ3v) is 8.27. The van der Waals surface area contributed by atoms with Gasteiger partial charge >= 0.3 is 0 Å². The smallest absolute Gasteiger partial charge is 0.0965 e. The van der Waals surface area contributed by atoms with Gasteiger partial charge in [0, 0.05) is 0 Å². The Kier molecular flexibility index (Phi) is 19.2. The van der Waals surface area contributed by atoms with Crippen LogP contribution in [0.25, 0.3) is 0 Å². The van der Waals surface area contributed by atoms with E-state index in [0.29, 0.717) is 11.8 Å². The van der Waals surface area contributed by atoms with Crippen molar-refractivity contribution in [1.82, 2.24) is 0 Å². The fraction of sp³-hybridized carbons (Fsp3) is 0.743. The van der Waals surface area contributed by atoms with Crippen LogP contribution >= 0.6 is 0 Å². The Balaban J connectivity index is 1.79. The molecule has 1 aromatic carbocycles. The Hall–Kier alpha value is -1.57. The second-order valence-electron chi connectivity index (χ2n) is 11.6. The predicted molar refractivity (Wildman–Crippen MR) is 166 cm³/mol. The van der Waals surface area contributed by atoms with Gasteiger partial charge in [0.25, 0.3) is 0 Å². The van der Waals surface area contributed by atoms with E-state index in [9.17, 15) is 0 Å². The molecule has 2 unspecified atom stereocenters. The molecule has 0 saturated heterocycles. The highest BCUT2D eigenvalue weighted by Gasteiger charge is 2.35. The second kappa shape index (κ2) is 22.4. The van der Waals surface area contributed by atoms with E-state index < -0.39 is 0 Å². The summed E-state index contributed by atoms with van der Waals surface area (Å²) in [5.74, 6) is 1.14. The van der Waals surface area contributed by atoms with Crippen LogP contribution in [0.3, 0.4) is 0 Å². The first-order valence-electron chi connectivity index (χ1n) is 16.3. The third kappa shape index (κ3) is 15.4. The molecule has 2 heteroatoms. The number of rotatable bonds is 25. The van der Waals surface area contributed by atoms with Crippen molar-refractivity contribution in [2.45, 2.75) is 155 Å². The highest BCUT2D eigenvalue weighted by atomic mass is 15.0. The first-order valence-corrected chi connectivity index (χ1v) is 16.3. The van der Waals surface area contributed by atoms with E-state index in [0.717, 1.165) is 12.6 Å². The largest absolute Gasteiger partial charge is 0.244 e. The van der Waals surface area contributed by atoms with Gasteiger partial charge in [-0.15, -0.1) is 0 Å². The summed E-state index contributed by atoms with van der Waals surface area (Å²) in [6, 6.07) is 11.2. The molecule has 0 saturated carbocycles. The van der Waals surface area contributed by atoms with E-state index >= 15 is 0 Å². The van der Waals surface area contributed by atoms with Gasteiger partial charge in [0.2, 0.25) is 6.17 Å². The number of hydrogen-bond donors (Lipinski definition) is 0. The molecule has 1 aliphatic heterocycles. The van der Waals surface area contributed by atoms with Crippen molar-refractivity contribution in [3.8, 4) is 0 Å². The van der Waals surface area contributed by atoms with Gasteiger partial charge in [0.1, 0.15) is 0 Å². The molecular formula is C35H59N2+. The minimum absolute atomic E-state index is 0.498. The summed E-state index contributed by atoms with van der Waals surface area (Å²) in [5, 5.41) is 0. The molecule has 37 heavy (non-hydrogen) atoms. The van der Waals surface area contributed by atoms with Gasteiger partial charge in [-0.05, 0) is 30.7 Å². The molecule has 0 aliphatic carbocycles. The Morgan fingerprint density at radius 1 is 0.541 bits per heavy atom. The SMILES string of the molecule is CCCCCCCCCCCCC([C+]1N=CC=N1)C(CCCCCCCCCCC)Cc1ccccc1. The van der Waals surface area contributed by atoms with Crippen molar-refractivity contribution in [2.24, 2.45) is 21.8 Å². The maximum absolute atomic E-state index is 4.73. The molecule has 1 aromatic rings. The normalized spacial score (nSPS) is 14.5. The zero-order valence-corrected chi connectivity index (χ0v) is 24.6. The van der Waals surface area contributed by atoms with Crippen LogP contribution in [-0.4, -0.2) is 12.4 Å². The Bertz CT molecular complexity index is 668. The zero-order valence-electron chi connectivity index (χ0n) is 24.6. The van der Waals surface area contributed by atoms with E-state index in [1.54, 1.807) is 0 Å². The number of hydrogen-bond acceptors (Lipinski definition) is 2. The van der Waals surface area contributed by atoms with Gasteiger partial charge < -0.3 is 0 Å². The van der Waals surface area contributed by atoms with Crippen molar-refractivity contribution in [3.63, 3.8) is 0 Å². The van der Waals surface area contributed by atoms with Crippen LogP contribution in [0.4, 0.5) is 0 Å². The standard InChI is InChI=1S/C35H59N2/c1-3-5-7-9-11-13-15-17-19-24-28-34(35-36-29-30-37-35)33(31-32-25-21-20-22-26-32)27-23-18-16-14-12-10-8-6-4-2/h20-22,25-26,29-30,33-34H,3-19,23-24,27-28,31H2,1-2H3/q+1. The van der Waals surface area contributed by atoms with Crippen molar-refractivity contribution in [3.05, 3.63) is 42.1 Å². The monoisotopic (exact) mass is 507 g/mol. The van der Waals surface area contributed by atoms with Crippen LogP contribution in [0.5, 0.6) is 0 Å². The summed E-state index contributed by atoms with van der Waals surface area (Å²) in [4.78, 5) is 9.45. The lowest BCUT2D eigenvalue weighted by atomic mass is 9.78. The van der Waals surface area contributed by atoms with E-state index in [2.05, 4.69) is 44.2 Å². The van der Waals surface area contributed by atoms with Gasteiger partial charge in [0.05, 0.1) is 5.92 Å². The molecule has 1 heterocycles. The van der Waals surface area contributed by atoms with Crippen LogP contribution in [0.1, 0.15) is 154 Å². The summed E-state index contributed by atoms with van der Waals surface area (Å²) in [7, 11) is 0. The number of aliphatic imine (C=N–C) groups is 2. The van der Waals surface area contributed by atoms with E-state index in [1.807, 2.05) is 12.4 Å². The molecule has 2 nitrogen and oxygen atoms in total. The minimum Gasteiger partial charge on any atom is -0.0965 e. The first-order chi connectivity index (χ1) is 18.3. The lowest BCUT2D eigenvalue weighted by Crippen LogP contribution is -2.22. The van der Waals surface area contributed by atoms with Gasteiger partial charge in [0.15, 0.2) is 12.4 Å². The number of unbranched alkanes of at least 4 members (excludes halogenated alkanes) is 17. The van der Waals surface area contributed by atoms with E-state index in [-0.39, 0.29) is 0 Å². The molecule has 208 valence electrons. The maximum atomic E-state index is 4.73. The molecule has 0 aromatic heterocycles. The lowest BCUT2D eigenvalue weighted by Gasteiger charge is -2.26. The molecule has 1 aliphatic rings. The van der Waals surface area contributed by atoms with Crippen LogP contribution in [0.2, 0.25) is 0 Å². The minimum atomic E-state index is 0.498. The van der Waals surface area contributed by atoms with Crippen molar-refractivity contribution in [1.29, 1.82) is 0 Å². The summed E-state index contributed by atoms with van der Waals surface area (Å²) < 4.78 is 0. The van der Waals surface area contributed by atoms with Crippen LogP contribution in [0, 0.1) is 18.0 Å². The topological polar surface area (TPSA) is 24.7 Å². The lowest BCUT2D eigenvalue weighted by molar-refractivity contribution is 0.284. The average Bonchev–Trinajstić information content (AvgIpc) is 3.46. The van der Waals surface area contributed by atoms with E-state index in [1.165, 1.54) is 140 Å². The summed E-state index contributed by atoms with van der Waals surface area (Å²) in [5.41, 5.74) is 1.48. The predicted octanol–water partition coefficient (Wildman–Crippen LogP) is 11.3. The fourth-order valence-corrected chi connectivity index (χ4v) is 5.95. The molecule has 0 radical (unpaired) electrons. The summed E-state index contributed by atoms with van der Waals surface area (Å²) >= 11 is 0. The zero-order chi connectivity index (χ0) is 26.2. The quantitative estimate of drug-likeness (QED) is 0.0928. The summed E-state index contributed by atoms with van der Waals surface area (Å²) in [6.07, 6.45) is 35.2. The molecule has 0 spiro atoms. The third-order valence-electron chi connectivity index (χ3n) is 8.27. The first kappa shape index (κ1) is 31.6. The molecule has 0 N–H and O–H groups in total. The maximum Gasteiger partial charge on any atom is 0.244 e. The number of benzene rings is 1. The van der Waals surface area contributed by atoms with Crippen molar-refractivity contribution in [2.75, 3.05) is 0 Å². The van der Waals surface area contributed by atoms with Gasteiger partial charge in [-0.25, -0.2) is 0 Å². The molecule has 2 rings (SSSR count). The van der Waals surface area contributed by atoms with Crippen molar-refractivity contribution < 1.29 is 0 Å².